The van der Waals surface area contributed by atoms with Gasteiger partial charge in [0.15, 0.2) is 6.10 Å². The van der Waals surface area contributed by atoms with E-state index in [2.05, 4.69) is 5.32 Å². The van der Waals surface area contributed by atoms with Crippen molar-refractivity contribution in [1.29, 1.82) is 0 Å². The zero-order chi connectivity index (χ0) is 21.8. The molecular weight excluding hydrogens is 412 g/mol. The molecular formula is C24H22N2O4S. The predicted molar refractivity (Wildman–Crippen MR) is 119 cm³/mol. The fraction of sp³-hybridized carbons (Fsp3) is 0.208. The normalized spacial score (nSPS) is 20.5. The Bertz CT molecular complexity index is 997. The molecule has 0 unspecified atom stereocenters. The van der Waals surface area contributed by atoms with Crippen molar-refractivity contribution >= 4 is 30.0 Å². The van der Waals surface area contributed by atoms with Crippen molar-refractivity contribution in [3.8, 4) is 0 Å². The molecule has 2 atom stereocenters. The molecule has 7 heteroatoms. The number of nitrogens with one attached hydrogen (secondary N) is 1. The van der Waals surface area contributed by atoms with E-state index in [1.807, 2.05) is 79.7 Å². The highest BCUT2D eigenvalue weighted by Crippen LogP contribution is 2.41. The molecule has 2 aromatic rings. The van der Waals surface area contributed by atoms with Gasteiger partial charge < -0.3 is 10.1 Å². The van der Waals surface area contributed by atoms with Crippen molar-refractivity contribution in [2.24, 2.45) is 0 Å². The van der Waals surface area contributed by atoms with E-state index >= 15 is 0 Å². The minimum Gasteiger partial charge on any atom is -0.448 e. The summed E-state index contributed by atoms with van der Waals surface area (Å²) >= 11 is 1.51. The molecule has 0 saturated carbocycles. The molecule has 1 saturated heterocycles. The van der Waals surface area contributed by atoms with Crippen LogP contribution in [-0.4, -0.2) is 40.4 Å². The van der Waals surface area contributed by atoms with E-state index < -0.39 is 18.1 Å². The lowest BCUT2D eigenvalue weighted by atomic mass is 10.0. The van der Waals surface area contributed by atoms with Gasteiger partial charge in [-0.3, -0.25) is 14.5 Å². The Morgan fingerprint density at radius 2 is 1.74 bits per heavy atom. The van der Waals surface area contributed by atoms with Crippen molar-refractivity contribution < 1.29 is 19.1 Å². The van der Waals surface area contributed by atoms with Crippen molar-refractivity contribution in [1.82, 2.24) is 10.2 Å². The van der Waals surface area contributed by atoms with Gasteiger partial charge >= 0.3 is 5.97 Å². The number of nitrogens with zero attached hydrogens (tertiary/aromatic N) is 1. The molecule has 6 nitrogen and oxygen atoms in total. The molecule has 2 aliphatic rings. The maximum atomic E-state index is 13.4. The van der Waals surface area contributed by atoms with Crippen LogP contribution in [0.15, 0.2) is 84.1 Å². The monoisotopic (exact) mass is 434 g/mol. The number of ether oxygens (including phenoxy) is 1. The van der Waals surface area contributed by atoms with Crippen molar-refractivity contribution in [2.45, 2.75) is 24.4 Å². The third-order valence-electron chi connectivity index (χ3n) is 5.24. The third-order valence-corrected chi connectivity index (χ3v) is 6.54. The third kappa shape index (κ3) is 4.01. The highest BCUT2D eigenvalue weighted by atomic mass is 32.2. The number of β-lactam (4-membered cyclic amide) rings is 1. The zero-order valence-electron chi connectivity index (χ0n) is 16.9. The molecule has 2 aromatic carbocycles. The quantitative estimate of drug-likeness (QED) is 0.412. The summed E-state index contributed by atoms with van der Waals surface area (Å²) in [6.45, 7) is 1.86. The first-order valence-electron chi connectivity index (χ1n) is 9.96. The number of allylic oxidation sites excluding steroid dienone is 2. The summed E-state index contributed by atoms with van der Waals surface area (Å²) in [5, 5.41) is 2.23. The first kappa shape index (κ1) is 20.9. The Morgan fingerprint density at radius 1 is 1.13 bits per heavy atom. The molecule has 31 heavy (non-hydrogen) atoms. The lowest BCUT2D eigenvalue weighted by Gasteiger charge is -2.49. The fourth-order valence-corrected chi connectivity index (χ4v) is 5.13. The average molecular weight is 435 g/mol. The van der Waals surface area contributed by atoms with Gasteiger partial charge in [-0.25, -0.2) is 4.79 Å². The molecule has 4 rings (SSSR count). The van der Waals surface area contributed by atoms with Gasteiger partial charge in [0.1, 0.15) is 17.1 Å². The number of esters is 1. The number of fused-ring (bicyclic) bond motifs is 1. The minimum atomic E-state index is -0.628. The second kappa shape index (κ2) is 9.22. The van der Waals surface area contributed by atoms with Crippen LogP contribution in [-0.2, 0) is 19.1 Å². The van der Waals surface area contributed by atoms with Gasteiger partial charge in [-0.15, -0.1) is 11.8 Å². The number of benzene rings is 2. The molecule has 0 bridgehead atoms. The Kier molecular flexibility index (Phi) is 6.23. The molecule has 1 fully saturated rings. The molecule has 2 amide bonds. The predicted octanol–water partition coefficient (Wildman–Crippen LogP) is 3.18. The number of hydrogen-bond acceptors (Lipinski definition) is 5. The van der Waals surface area contributed by atoms with Gasteiger partial charge in [0, 0.05) is 5.75 Å². The highest BCUT2D eigenvalue weighted by Gasteiger charge is 2.53. The number of carbonyl (C=O) groups excluding carboxylic acids is 3. The summed E-state index contributed by atoms with van der Waals surface area (Å²) in [7, 11) is 0. The van der Waals surface area contributed by atoms with Gasteiger partial charge in [0.25, 0.3) is 5.91 Å². The summed E-state index contributed by atoms with van der Waals surface area (Å²) in [4.78, 5) is 38.4. The summed E-state index contributed by atoms with van der Waals surface area (Å²) in [5.74, 6) is -0.329. The van der Waals surface area contributed by atoms with Crippen molar-refractivity contribution in [3.05, 3.63) is 95.2 Å². The number of thioether (sulfide) groups is 1. The molecule has 0 radical (unpaired) electrons. The van der Waals surface area contributed by atoms with Crippen LogP contribution in [0.2, 0.25) is 0 Å². The maximum Gasteiger partial charge on any atom is 0.356 e. The van der Waals surface area contributed by atoms with Crippen LogP contribution in [0.4, 0.5) is 0 Å². The van der Waals surface area contributed by atoms with Crippen molar-refractivity contribution in [3.63, 3.8) is 0 Å². The van der Waals surface area contributed by atoms with Crippen LogP contribution in [0.3, 0.4) is 0 Å². The largest absolute Gasteiger partial charge is 0.448 e. The topological polar surface area (TPSA) is 75.7 Å². The Morgan fingerprint density at radius 3 is 2.29 bits per heavy atom. The summed E-state index contributed by atoms with van der Waals surface area (Å²) < 4.78 is 6.01. The Balaban J connectivity index is 1.68. The van der Waals surface area contributed by atoms with Gasteiger partial charge in [0.2, 0.25) is 6.41 Å². The molecule has 0 aliphatic carbocycles. The van der Waals surface area contributed by atoms with E-state index in [1.165, 1.54) is 16.7 Å². The molecule has 2 heterocycles. The van der Waals surface area contributed by atoms with Crippen LogP contribution in [0, 0.1) is 0 Å². The van der Waals surface area contributed by atoms with Crippen LogP contribution >= 0.6 is 11.8 Å². The second-order valence-corrected chi connectivity index (χ2v) is 8.26. The standard InChI is InChI=1S/C24H22N2O4S/c1-2-9-18-14-31-23-19(25-15-27)22(28)26(23)20(18)24(29)30-21(16-10-5-3-6-11-16)17-12-7-4-8-13-17/h2-13,15,19,21,23H,14H2,1H3,(H,25,27)/b9-2-/t19-,23-/m1/s1. The van der Waals surface area contributed by atoms with Gasteiger partial charge in [-0.1, -0.05) is 72.8 Å². The summed E-state index contributed by atoms with van der Waals surface area (Å²) in [6, 6.07) is 18.4. The van der Waals surface area contributed by atoms with Crippen molar-refractivity contribution in [2.75, 3.05) is 5.75 Å². The van der Waals surface area contributed by atoms with Crippen LogP contribution in [0.1, 0.15) is 24.2 Å². The van der Waals surface area contributed by atoms with E-state index in [-0.39, 0.29) is 17.0 Å². The number of rotatable bonds is 7. The Hall–Kier alpha value is -3.32. The number of amides is 2. The Labute approximate surface area is 185 Å². The number of hydrogen-bond donors (Lipinski definition) is 1. The van der Waals surface area contributed by atoms with Crippen LogP contribution < -0.4 is 5.32 Å². The smallest absolute Gasteiger partial charge is 0.356 e. The van der Waals surface area contributed by atoms with Crippen LogP contribution in [0.5, 0.6) is 0 Å². The lowest BCUT2D eigenvalue weighted by molar-refractivity contribution is -0.154. The molecule has 158 valence electrons. The van der Waals surface area contributed by atoms with Gasteiger partial charge in [-0.05, 0) is 23.6 Å². The zero-order valence-corrected chi connectivity index (χ0v) is 17.7. The van der Waals surface area contributed by atoms with E-state index in [0.717, 1.165) is 16.7 Å². The van der Waals surface area contributed by atoms with Crippen LogP contribution in [0.25, 0.3) is 0 Å². The lowest BCUT2D eigenvalue weighted by Crippen LogP contribution is -2.69. The highest BCUT2D eigenvalue weighted by molar-refractivity contribution is 8.00. The van der Waals surface area contributed by atoms with Gasteiger partial charge in [0.05, 0.1) is 0 Å². The van der Waals surface area contributed by atoms with E-state index in [0.29, 0.717) is 12.2 Å². The number of carbonyl (C=O) groups is 3. The maximum absolute atomic E-state index is 13.4. The fourth-order valence-electron chi connectivity index (χ4n) is 3.80. The molecule has 0 aromatic heterocycles. The summed E-state index contributed by atoms with van der Waals surface area (Å²) in [6.07, 6.45) is 3.57. The summed E-state index contributed by atoms with van der Waals surface area (Å²) in [5.41, 5.74) is 2.65. The molecule has 1 N–H and O–H groups in total. The first-order chi connectivity index (χ1) is 15.2. The second-order valence-electron chi connectivity index (χ2n) is 7.15. The molecule has 0 spiro atoms. The minimum absolute atomic E-state index is 0.243. The molecule has 2 aliphatic heterocycles. The average Bonchev–Trinajstić information content (AvgIpc) is 2.81. The van der Waals surface area contributed by atoms with E-state index in [4.69, 9.17) is 4.74 Å². The SMILES string of the molecule is C/C=C\C1=C(C(=O)OC(c2ccccc2)c2ccccc2)N2C(=O)[C@@H](NC=O)[C@H]2SC1. The van der Waals surface area contributed by atoms with Gasteiger partial charge in [-0.2, -0.15) is 0 Å². The van der Waals surface area contributed by atoms with E-state index in [9.17, 15) is 14.4 Å². The van der Waals surface area contributed by atoms with E-state index in [1.54, 1.807) is 0 Å². The first-order valence-corrected chi connectivity index (χ1v) is 11.0.